The standard InChI is InChI=1S/C22H28N2O4S/c1-14-7-10-20-17(11-14)18(13-22(3,4)28-20)23-21(25)16-9-8-15(2)19(12-16)24(5)29(6,26)27/h7-12,18H,13H2,1-6H3,(H,23,25)/t18-/m0/s1. The van der Waals surface area contributed by atoms with E-state index in [0.29, 0.717) is 17.7 Å². The Bertz CT molecular complexity index is 1060. The number of aryl methyl sites for hydroxylation is 2. The number of nitrogens with zero attached hydrogens (tertiary/aromatic N) is 1. The third kappa shape index (κ3) is 4.56. The lowest BCUT2D eigenvalue weighted by Crippen LogP contribution is -2.41. The van der Waals surface area contributed by atoms with E-state index in [4.69, 9.17) is 4.74 Å². The van der Waals surface area contributed by atoms with Crippen molar-refractivity contribution in [3.05, 3.63) is 58.7 Å². The number of benzene rings is 2. The van der Waals surface area contributed by atoms with E-state index in [1.165, 1.54) is 11.4 Å². The summed E-state index contributed by atoms with van der Waals surface area (Å²) in [5.41, 5.74) is 3.33. The van der Waals surface area contributed by atoms with Gasteiger partial charge in [0.2, 0.25) is 10.0 Å². The maximum Gasteiger partial charge on any atom is 0.251 e. The molecule has 0 bridgehead atoms. The molecule has 29 heavy (non-hydrogen) atoms. The number of sulfonamides is 1. The van der Waals surface area contributed by atoms with Gasteiger partial charge in [-0.05, 0) is 51.5 Å². The highest BCUT2D eigenvalue weighted by Crippen LogP contribution is 2.40. The quantitative estimate of drug-likeness (QED) is 0.824. The third-order valence-corrected chi connectivity index (χ3v) is 6.43. The number of anilines is 1. The van der Waals surface area contributed by atoms with E-state index >= 15 is 0 Å². The maximum atomic E-state index is 13.0. The van der Waals surface area contributed by atoms with Crippen LogP contribution in [0.25, 0.3) is 0 Å². The number of hydrogen-bond acceptors (Lipinski definition) is 4. The Balaban J connectivity index is 1.92. The molecule has 0 fully saturated rings. The zero-order chi connectivity index (χ0) is 21.6. The van der Waals surface area contributed by atoms with Crippen molar-refractivity contribution in [2.45, 2.75) is 45.8 Å². The van der Waals surface area contributed by atoms with Crippen molar-refractivity contribution in [1.29, 1.82) is 0 Å². The molecule has 3 rings (SSSR count). The predicted octanol–water partition coefficient (Wildman–Crippen LogP) is 3.73. The highest BCUT2D eigenvalue weighted by molar-refractivity contribution is 7.92. The lowest BCUT2D eigenvalue weighted by atomic mass is 9.88. The fourth-order valence-corrected chi connectivity index (χ4v) is 4.17. The van der Waals surface area contributed by atoms with Crippen LogP contribution in [-0.4, -0.2) is 33.2 Å². The molecule has 0 saturated carbocycles. The summed E-state index contributed by atoms with van der Waals surface area (Å²) < 4.78 is 31.1. The Kier molecular flexibility index (Phi) is 5.38. The van der Waals surface area contributed by atoms with Gasteiger partial charge in [0.05, 0.1) is 18.0 Å². The summed E-state index contributed by atoms with van der Waals surface area (Å²) in [6.45, 7) is 7.82. The van der Waals surface area contributed by atoms with Crippen LogP contribution in [0.4, 0.5) is 5.69 Å². The number of hydrogen-bond donors (Lipinski definition) is 1. The van der Waals surface area contributed by atoms with Crippen molar-refractivity contribution in [3.63, 3.8) is 0 Å². The molecule has 1 atom stereocenters. The Labute approximate surface area is 172 Å². The smallest absolute Gasteiger partial charge is 0.251 e. The van der Waals surface area contributed by atoms with Gasteiger partial charge >= 0.3 is 0 Å². The van der Waals surface area contributed by atoms with E-state index in [2.05, 4.69) is 5.32 Å². The number of carbonyl (C=O) groups is 1. The first-order valence-corrected chi connectivity index (χ1v) is 11.4. The lowest BCUT2D eigenvalue weighted by molar-refractivity contribution is 0.0619. The minimum atomic E-state index is -3.42. The predicted molar refractivity (Wildman–Crippen MR) is 115 cm³/mol. The van der Waals surface area contributed by atoms with Gasteiger partial charge in [0.1, 0.15) is 11.4 Å². The molecule has 156 valence electrons. The van der Waals surface area contributed by atoms with Crippen molar-refractivity contribution in [2.24, 2.45) is 0 Å². The minimum absolute atomic E-state index is 0.196. The fourth-order valence-electron chi connectivity index (χ4n) is 3.61. The molecule has 7 heteroatoms. The van der Waals surface area contributed by atoms with Crippen molar-refractivity contribution in [1.82, 2.24) is 5.32 Å². The van der Waals surface area contributed by atoms with Crippen LogP contribution in [0.3, 0.4) is 0 Å². The summed E-state index contributed by atoms with van der Waals surface area (Å²) in [4.78, 5) is 13.0. The van der Waals surface area contributed by atoms with Crippen molar-refractivity contribution < 1.29 is 17.9 Å². The average Bonchev–Trinajstić information content (AvgIpc) is 2.60. The van der Waals surface area contributed by atoms with Gasteiger partial charge in [-0.15, -0.1) is 0 Å². The lowest BCUT2D eigenvalue weighted by Gasteiger charge is -2.38. The monoisotopic (exact) mass is 416 g/mol. The first-order chi connectivity index (χ1) is 13.4. The van der Waals surface area contributed by atoms with E-state index in [1.54, 1.807) is 18.2 Å². The summed E-state index contributed by atoms with van der Waals surface area (Å²) in [5, 5.41) is 3.11. The van der Waals surface area contributed by atoms with Crippen LogP contribution in [-0.2, 0) is 10.0 Å². The largest absolute Gasteiger partial charge is 0.487 e. The Morgan fingerprint density at radius 2 is 1.86 bits per heavy atom. The number of ether oxygens (including phenoxy) is 1. The van der Waals surface area contributed by atoms with Gasteiger partial charge in [0.25, 0.3) is 5.91 Å². The van der Waals surface area contributed by atoms with Crippen molar-refractivity contribution in [2.75, 3.05) is 17.6 Å². The number of carbonyl (C=O) groups excluding carboxylic acids is 1. The van der Waals surface area contributed by atoms with Gasteiger partial charge < -0.3 is 10.1 Å². The maximum absolute atomic E-state index is 13.0. The van der Waals surface area contributed by atoms with Crippen LogP contribution in [0.15, 0.2) is 36.4 Å². The van der Waals surface area contributed by atoms with Gasteiger partial charge in [0, 0.05) is 24.6 Å². The molecule has 1 amide bonds. The van der Waals surface area contributed by atoms with E-state index in [0.717, 1.165) is 28.7 Å². The molecule has 0 unspecified atom stereocenters. The highest BCUT2D eigenvalue weighted by Gasteiger charge is 2.34. The second-order valence-electron chi connectivity index (χ2n) is 8.36. The molecule has 1 N–H and O–H groups in total. The summed E-state index contributed by atoms with van der Waals surface area (Å²) in [7, 11) is -1.94. The zero-order valence-electron chi connectivity index (χ0n) is 17.7. The SMILES string of the molecule is Cc1ccc2c(c1)[C@@H](NC(=O)c1ccc(C)c(N(C)S(C)(=O)=O)c1)CC(C)(C)O2. The van der Waals surface area contributed by atoms with E-state index in [9.17, 15) is 13.2 Å². The molecule has 0 aliphatic carbocycles. The fraction of sp³-hybridized carbons (Fsp3) is 0.409. The second kappa shape index (κ2) is 7.37. The van der Waals surface area contributed by atoms with E-state index in [1.807, 2.05) is 45.9 Å². The normalized spacial score (nSPS) is 17.8. The van der Waals surface area contributed by atoms with Gasteiger partial charge in [0.15, 0.2) is 0 Å². The van der Waals surface area contributed by atoms with Gasteiger partial charge in [-0.1, -0.05) is 23.8 Å². The molecule has 2 aromatic carbocycles. The van der Waals surface area contributed by atoms with Gasteiger partial charge in [-0.3, -0.25) is 9.10 Å². The summed E-state index contributed by atoms with van der Waals surface area (Å²) in [6.07, 6.45) is 1.78. The first kappa shape index (κ1) is 21.2. The third-order valence-electron chi connectivity index (χ3n) is 5.24. The highest BCUT2D eigenvalue weighted by atomic mass is 32.2. The van der Waals surface area contributed by atoms with Crippen LogP contribution in [0.1, 0.15) is 53.4 Å². The summed E-state index contributed by atoms with van der Waals surface area (Å²) >= 11 is 0. The zero-order valence-corrected chi connectivity index (χ0v) is 18.6. The first-order valence-electron chi connectivity index (χ1n) is 9.52. The molecule has 0 aromatic heterocycles. The Hall–Kier alpha value is -2.54. The van der Waals surface area contributed by atoms with Crippen LogP contribution in [0.5, 0.6) is 5.75 Å². The van der Waals surface area contributed by atoms with E-state index < -0.39 is 15.6 Å². The van der Waals surface area contributed by atoms with Crippen molar-refractivity contribution >= 4 is 21.6 Å². The topological polar surface area (TPSA) is 75.7 Å². The molecular formula is C22H28N2O4S. The van der Waals surface area contributed by atoms with Gasteiger partial charge in [-0.2, -0.15) is 0 Å². The molecule has 6 nitrogen and oxygen atoms in total. The molecule has 2 aromatic rings. The summed E-state index contributed by atoms with van der Waals surface area (Å²) in [5.74, 6) is 0.530. The Morgan fingerprint density at radius 1 is 1.17 bits per heavy atom. The molecule has 1 aliphatic heterocycles. The minimum Gasteiger partial charge on any atom is -0.487 e. The van der Waals surface area contributed by atoms with Gasteiger partial charge in [-0.25, -0.2) is 8.42 Å². The molecule has 1 aliphatic rings. The summed E-state index contributed by atoms with van der Waals surface area (Å²) in [6, 6.07) is 10.9. The second-order valence-corrected chi connectivity index (χ2v) is 10.4. The molecule has 0 radical (unpaired) electrons. The molecular weight excluding hydrogens is 388 g/mol. The Morgan fingerprint density at radius 3 is 2.52 bits per heavy atom. The number of rotatable bonds is 4. The number of amides is 1. The number of nitrogens with one attached hydrogen (secondary N) is 1. The molecule has 0 saturated heterocycles. The van der Waals surface area contributed by atoms with Crippen molar-refractivity contribution in [3.8, 4) is 5.75 Å². The molecule has 1 heterocycles. The van der Waals surface area contributed by atoms with E-state index in [-0.39, 0.29) is 11.9 Å². The number of fused-ring (bicyclic) bond motifs is 1. The van der Waals surface area contributed by atoms with Crippen LogP contribution in [0.2, 0.25) is 0 Å². The van der Waals surface area contributed by atoms with Crippen LogP contribution < -0.4 is 14.4 Å². The van der Waals surface area contributed by atoms with Crippen LogP contribution >= 0.6 is 0 Å². The average molecular weight is 417 g/mol. The van der Waals surface area contributed by atoms with Crippen LogP contribution in [0, 0.1) is 13.8 Å². The molecule has 0 spiro atoms.